The largest absolute Gasteiger partial charge is 0.490 e. The minimum Gasteiger partial charge on any atom is -0.490 e. The van der Waals surface area contributed by atoms with Crippen molar-refractivity contribution in [1.29, 1.82) is 0 Å². The Balaban J connectivity index is 2.52. The van der Waals surface area contributed by atoms with Crippen molar-refractivity contribution in [1.82, 2.24) is 0 Å². The van der Waals surface area contributed by atoms with E-state index in [4.69, 9.17) is 14.6 Å². The second-order valence-electron chi connectivity index (χ2n) is 7.61. The van der Waals surface area contributed by atoms with Gasteiger partial charge in [0.05, 0.1) is 13.2 Å². The van der Waals surface area contributed by atoms with Crippen molar-refractivity contribution >= 4 is 12.0 Å². The van der Waals surface area contributed by atoms with Crippen LogP contribution >= 0.6 is 0 Å². The molecule has 4 nitrogen and oxygen atoms in total. The number of carbonyl (C=O) groups is 1. The monoisotopic (exact) mass is 404 g/mol. The first-order chi connectivity index (χ1) is 14.2. The summed E-state index contributed by atoms with van der Waals surface area (Å²) in [6.45, 7) is 5.79. The van der Waals surface area contributed by atoms with Gasteiger partial charge < -0.3 is 14.6 Å². The van der Waals surface area contributed by atoms with Crippen molar-refractivity contribution in [2.24, 2.45) is 0 Å². The van der Waals surface area contributed by atoms with Gasteiger partial charge in [0.15, 0.2) is 11.5 Å². The van der Waals surface area contributed by atoms with Crippen LogP contribution in [0.3, 0.4) is 0 Å². The first-order valence-electron chi connectivity index (χ1n) is 11.5. The zero-order valence-corrected chi connectivity index (χ0v) is 18.5. The maximum atomic E-state index is 10.8. The predicted molar refractivity (Wildman–Crippen MR) is 121 cm³/mol. The van der Waals surface area contributed by atoms with E-state index in [1.54, 1.807) is 6.08 Å². The number of ether oxygens (including phenoxy) is 2. The summed E-state index contributed by atoms with van der Waals surface area (Å²) in [5.41, 5.74) is 0.803. The smallest absolute Gasteiger partial charge is 0.328 e. The molecule has 0 fully saturated rings. The number of rotatable bonds is 18. The molecular weight excluding hydrogens is 364 g/mol. The highest BCUT2D eigenvalue weighted by molar-refractivity contribution is 5.85. The van der Waals surface area contributed by atoms with Crippen molar-refractivity contribution in [2.75, 3.05) is 13.2 Å². The van der Waals surface area contributed by atoms with Gasteiger partial charge in [-0.15, -0.1) is 0 Å². The number of aliphatic carboxylic acids is 1. The Labute approximate surface area is 177 Å². The normalized spacial score (nSPS) is 11.1. The fourth-order valence-electron chi connectivity index (χ4n) is 3.16. The molecule has 0 unspecified atom stereocenters. The summed E-state index contributed by atoms with van der Waals surface area (Å²) in [4.78, 5) is 10.8. The third-order valence-corrected chi connectivity index (χ3v) is 4.90. The number of hydrogen-bond acceptors (Lipinski definition) is 3. The van der Waals surface area contributed by atoms with Crippen LogP contribution in [0.1, 0.15) is 96.5 Å². The molecule has 1 rings (SSSR count). The maximum Gasteiger partial charge on any atom is 0.328 e. The number of carboxylic acid groups (broad SMARTS) is 1. The first kappa shape index (κ1) is 25.1. The van der Waals surface area contributed by atoms with E-state index in [9.17, 15) is 4.79 Å². The average Bonchev–Trinajstić information content (AvgIpc) is 2.72. The molecule has 0 saturated carbocycles. The molecule has 0 atom stereocenters. The van der Waals surface area contributed by atoms with Gasteiger partial charge in [0.1, 0.15) is 0 Å². The third-order valence-electron chi connectivity index (χ3n) is 4.90. The molecule has 1 aromatic rings. The minimum absolute atomic E-state index is 0.658. The molecule has 0 aliphatic heterocycles. The molecule has 0 aromatic heterocycles. The van der Waals surface area contributed by atoms with E-state index in [1.807, 2.05) is 18.2 Å². The summed E-state index contributed by atoms with van der Waals surface area (Å²) in [5.74, 6) is 0.497. The van der Waals surface area contributed by atoms with Crippen LogP contribution < -0.4 is 9.47 Å². The summed E-state index contributed by atoms with van der Waals surface area (Å²) < 4.78 is 12.0. The van der Waals surface area contributed by atoms with Gasteiger partial charge in [-0.1, -0.05) is 84.1 Å². The average molecular weight is 405 g/mol. The lowest BCUT2D eigenvalue weighted by Gasteiger charge is -2.14. The quantitative estimate of drug-likeness (QED) is 0.206. The first-order valence-corrected chi connectivity index (χ1v) is 11.5. The molecule has 29 heavy (non-hydrogen) atoms. The van der Waals surface area contributed by atoms with Gasteiger partial charge in [-0.3, -0.25) is 0 Å². The highest BCUT2D eigenvalue weighted by Crippen LogP contribution is 2.29. The van der Waals surface area contributed by atoms with E-state index in [0.29, 0.717) is 19.0 Å². The standard InChI is InChI=1S/C25H40O4/c1-3-5-7-9-11-13-19-28-23-17-15-22(16-18-25(26)27)21-24(23)29-20-14-12-10-8-6-4-2/h15-18,21H,3-14,19-20H2,1-2H3,(H,26,27)/b18-16+. The van der Waals surface area contributed by atoms with Crippen molar-refractivity contribution < 1.29 is 19.4 Å². The van der Waals surface area contributed by atoms with E-state index in [-0.39, 0.29) is 0 Å². The molecule has 0 spiro atoms. The molecule has 1 aromatic carbocycles. The van der Waals surface area contributed by atoms with Crippen LogP contribution in [0.2, 0.25) is 0 Å². The highest BCUT2D eigenvalue weighted by Gasteiger charge is 2.07. The van der Waals surface area contributed by atoms with E-state index >= 15 is 0 Å². The van der Waals surface area contributed by atoms with Gasteiger partial charge in [0, 0.05) is 6.08 Å². The lowest BCUT2D eigenvalue weighted by atomic mass is 10.1. The highest BCUT2D eigenvalue weighted by atomic mass is 16.5. The Morgan fingerprint density at radius 3 is 1.86 bits per heavy atom. The molecule has 0 aliphatic carbocycles. The van der Waals surface area contributed by atoms with Gasteiger partial charge in [0.2, 0.25) is 0 Å². The number of unbranched alkanes of at least 4 members (excludes halogenated alkanes) is 10. The van der Waals surface area contributed by atoms with Crippen LogP contribution in [0, 0.1) is 0 Å². The fraction of sp³-hybridized carbons (Fsp3) is 0.640. The molecule has 4 heteroatoms. The zero-order chi connectivity index (χ0) is 21.2. The van der Waals surface area contributed by atoms with Crippen LogP contribution in [0.25, 0.3) is 6.08 Å². The topological polar surface area (TPSA) is 55.8 Å². The van der Waals surface area contributed by atoms with Gasteiger partial charge in [-0.2, -0.15) is 0 Å². The van der Waals surface area contributed by atoms with Gasteiger partial charge >= 0.3 is 5.97 Å². The van der Waals surface area contributed by atoms with E-state index in [2.05, 4.69) is 13.8 Å². The van der Waals surface area contributed by atoms with Crippen LogP contribution in [0.15, 0.2) is 24.3 Å². The molecule has 0 amide bonds. The third kappa shape index (κ3) is 13.0. The van der Waals surface area contributed by atoms with Gasteiger partial charge in [0.25, 0.3) is 0 Å². The Hall–Kier alpha value is -1.97. The molecule has 0 bridgehead atoms. The Kier molecular flexibility index (Phi) is 14.6. The Morgan fingerprint density at radius 2 is 1.31 bits per heavy atom. The SMILES string of the molecule is CCCCCCCCOc1ccc(/C=C/C(=O)O)cc1OCCCCCCCC. The van der Waals surface area contributed by atoms with E-state index in [0.717, 1.165) is 30.2 Å². The second kappa shape index (κ2) is 16.9. The van der Waals surface area contributed by atoms with Gasteiger partial charge in [-0.05, 0) is 36.6 Å². The summed E-state index contributed by atoms with van der Waals surface area (Å²) >= 11 is 0. The second-order valence-corrected chi connectivity index (χ2v) is 7.61. The minimum atomic E-state index is -0.956. The van der Waals surface area contributed by atoms with Crippen molar-refractivity contribution in [3.63, 3.8) is 0 Å². The van der Waals surface area contributed by atoms with Crippen LogP contribution in [-0.2, 0) is 4.79 Å². The van der Waals surface area contributed by atoms with Crippen LogP contribution in [0.4, 0.5) is 0 Å². The Morgan fingerprint density at radius 1 is 0.793 bits per heavy atom. The lowest BCUT2D eigenvalue weighted by Crippen LogP contribution is -2.03. The number of hydrogen-bond donors (Lipinski definition) is 1. The van der Waals surface area contributed by atoms with Crippen LogP contribution in [0.5, 0.6) is 11.5 Å². The van der Waals surface area contributed by atoms with Gasteiger partial charge in [-0.25, -0.2) is 4.79 Å². The maximum absolute atomic E-state index is 10.8. The zero-order valence-electron chi connectivity index (χ0n) is 18.5. The number of benzene rings is 1. The summed E-state index contributed by atoms with van der Waals surface area (Å²) in [6.07, 6.45) is 17.4. The number of carboxylic acids is 1. The van der Waals surface area contributed by atoms with E-state index < -0.39 is 5.97 Å². The predicted octanol–water partition coefficient (Wildman–Crippen LogP) is 7.26. The molecule has 1 N–H and O–H groups in total. The van der Waals surface area contributed by atoms with E-state index in [1.165, 1.54) is 64.2 Å². The molecule has 164 valence electrons. The lowest BCUT2D eigenvalue weighted by molar-refractivity contribution is -0.131. The molecule has 0 radical (unpaired) electrons. The van der Waals surface area contributed by atoms with Crippen molar-refractivity contribution in [3.05, 3.63) is 29.8 Å². The molecule has 0 heterocycles. The molecule has 0 saturated heterocycles. The molecular formula is C25H40O4. The summed E-state index contributed by atoms with van der Waals surface area (Å²) in [5, 5.41) is 8.84. The molecule has 0 aliphatic rings. The Bertz CT molecular complexity index is 580. The summed E-state index contributed by atoms with van der Waals surface area (Å²) in [6, 6.07) is 5.62. The van der Waals surface area contributed by atoms with Crippen molar-refractivity contribution in [3.8, 4) is 11.5 Å². The van der Waals surface area contributed by atoms with Crippen LogP contribution in [-0.4, -0.2) is 24.3 Å². The fourth-order valence-corrected chi connectivity index (χ4v) is 3.16. The van der Waals surface area contributed by atoms with Crippen molar-refractivity contribution in [2.45, 2.75) is 90.9 Å². The summed E-state index contributed by atoms with van der Waals surface area (Å²) in [7, 11) is 0.